The zero-order chi connectivity index (χ0) is 22.9. The van der Waals surface area contributed by atoms with E-state index in [0.29, 0.717) is 39.2 Å². The van der Waals surface area contributed by atoms with Crippen LogP contribution >= 0.6 is 0 Å². The van der Waals surface area contributed by atoms with Gasteiger partial charge in [-0.2, -0.15) is 0 Å². The molecule has 0 saturated carbocycles. The van der Waals surface area contributed by atoms with Gasteiger partial charge in [0.25, 0.3) is 10.0 Å². The van der Waals surface area contributed by atoms with Gasteiger partial charge in [-0.05, 0) is 69.2 Å². The van der Waals surface area contributed by atoms with Gasteiger partial charge in [0.05, 0.1) is 4.90 Å². The van der Waals surface area contributed by atoms with Crippen LogP contribution in [0.1, 0.15) is 22.5 Å². The number of imidazole rings is 1. The van der Waals surface area contributed by atoms with Crippen LogP contribution in [0.5, 0.6) is 11.6 Å². The average Bonchev–Trinajstić information content (AvgIpc) is 3.14. The second-order valence-corrected chi connectivity index (χ2v) is 9.15. The number of anilines is 1. The molecule has 0 radical (unpaired) electrons. The fourth-order valence-corrected chi connectivity index (χ4v) is 5.14. The Morgan fingerprint density at radius 1 is 0.906 bits per heavy atom. The second kappa shape index (κ2) is 8.43. The molecule has 2 heterocycles. The maximum atomic E-state index is 12.9. The van der Waals surface area contributed by atoms with Crippen molar-refractivity contribution in [1.29, 1.82) is 0 Å². The fraction of sp³-hybridized carbons (Fsp3) is 0.174. The van der Waals surface area contributed by atoms with Gasteiger partial charge in [-0.3, -0.25) is 9.29 Å². The van der Waals surface area contributed by atoms with Gasteiger partial charge in [0, 0.05) is 24.1 Å². The molecule has 2 aromatic carbocycles. The molecular weight excluding hydrogens is 426 g/mol. The first-order valence-electron chi connectivity index (χ1n) is 9.95. The highest BCUT2D eigenvalue weighted by Crippen LogP contribution is 2.26. The topological polar surface area (TPSA) is 99.0 Å². The van der Waals surface area contributed by atoms with Crippen LogP contribution in [0.2, 0.25) is 0 Å². The fourth-order valence-electron chi connectivity index (χ4n) is 3.62. The molecular formula is C23H23N5O3S. The third-order valence-electron chi connectivity index (χ3n) is 4.90. The van der Waals surface area contributed by atoms with Gasteiger partial charge in [-0.1, -0.05) is 17.7 Å². The molecule has 0 spiro atoms. The third kappa shape index (κ3) is 4.47. The molecule has 0 amide bonds. The number of nitrogens with zero attached hydrogens (tertiary/aromatic N) is 4. The summed E-state index contributed by atoms with van der Waals surface area (Å²) in [7, 11) is -3.71. The van der Waals surface area contributed by atoms with Crippen LogP contribution in [0.15, 0.2) is 65.8 Å². The molecule has 164 valence electrons. The van der Waals surface area contributed by atoms with Crippen LogP contribution in [0.4, 0.5) is 5.69 Å². The summed E-state index contributed by atoms with van der Waals surface area (Å²) in [6, 6.07) is 13.8. The van der Waals surface area contributed by atoms with E-state index >= 15 is 0 Å². The molecule has 0 unspecified atom stereocenters. The maximum Gasteiger partial charge on any atom is 0.262 e. The molecule has 2 aromatic heterocycles. The molecule has 8 nitrogen and oxygen atoms in total. The van der Waals surface area contributed by atoms with Crippen molar-refractivity contribution in [2.24, 2.45) is 0 Å². The Kier molecular flexibility index (Phi) is 5.67. The predicted molar refractivity (Wildman–Crippen MR) is 122 cm³/mol. The molecule has 4 aromatic rings. The summed E-state index contributed by atoms with van der Waals surface area (Å²) < 4.78 is 36.0. The standard InChI is InChI=1S/C23H23N5O3S/c1-15-13-16(2)23(17(3)14-15)32(29,30)27-19-5-7-20(8-6-19)31-22-10-9-21(25-26-22)28-12-11-24-18(28)4/h5-14,27H,1-4H3. The highest BCUT2D eigenvalue weighted by Gasteiger charge is 2.20. The summed E-state index contributed by atoms with van der Waals surface area (Å²) in [5, 5.41) is 8.24. The molecule has 0 aliphatic rings. The van der Waals surface area contributed by atoms with Gasteiger partial charge in [0.1, 0.15) is 11.6 Å². The molecule has 4 rings (SSSR count). The van der Waals surface area contributed by atoms with E-state index in [1.165, 1.54) is 0 Å². The van der Waals surface area contributed by atoms with Crippen molar-refractivity contribution in [3.63, 3.8) is 0 Å². The normalized spacial score (nSPS) is 11.4. The van der Waals surface area contributed by atoms with Crippen LogP contribution in [0.25, 0.3) is 5.82 Å². The van der Waals surface area contributed by atoms with Crippen molar-refractivity contribution in [3.05, 3.63) is 83.4 Å². The molecule has 1 N–H and O–H groups in total. The van der Waals surface area contributed by atoms with E-state index in [2.05, 4.69) is 19.9 Å². The first-order chi connectivity index (χ1) is 15.2. The van der Waals surface area contributed by atoms with Gasteiger partial charge in [0.15, 0.2) is 5.82 Å². The summed E-state index contributed by atoms with van der Waals surface area (Å²) in [5.41, 5.74) is 2.89. The molecule has 0 saturated heterocycles. The Labute approximate surface area is 187 Å². The van der Waals surface area contributed by atoms with Gasteiger partial charge in [-0.25, -0.2) is 13.4 Å². The highest BCUT2D eigenvalue weighted by atomic mass is 32.2. The number of sulfonamides is 1. The molecule has 0 bridgehead atoms. The average molecular weight is 450 g/mol. The summed E-state index contributed by atoms with van der Waals surface area (Å²) in [5.74, 6) is 2.28. The summed E-state index contributed by atoms with van der Waals surface area (Å²) in [6.45, 7) is 7.42. The quantitative estimate of drug-likeness (QED) is 0.466. The number of ether oxygens (including phenoxy) is 1. The highest BCUT2D eigenvalue weighted by molar-refractivity contribution is 7.92. The van der Waals surface area contributed by atoms with E-state index in [1.807, 2.05) is 30.5 Å². The SMILES string of the molecule is Cc1cc(C)c(S(=O)(=O)Nc2ccc(Oc3ccc(-n4ccnc4C)nn3)cc2)c(C)c1. The number of aryl methyl sites for hydroxylation is 4. The van der Waals surface area contributed by atoms with E-state index in [-0.39, 0.29) is 0 Å². The van der Waals surface area contributed by atoms with Crippen molar-refractivity contribution in [2.75, 3.05) is 4.72 Å². The minimum absolute atomic E-state index is 0.298. The monoisotopic (exact) mass is 449 g/mol. The summed E-state index contributed by atoms with van der Waals surface area (Å²) in [4.78, 5) is 4.46. The van der Waals surface area contributed by atoms with Gasteiger partial charge in [-0.15, -0.1) is 10.2 Å². The third-order valence-corrected chi connectivity index (χ3v) is 6.59. The minimum Gasteiger partial charge on any atom is -0.438 e. The Morgan fingerprint density at radius 3 is 2.16 bits per heavy atom. The number of rotatable bonds is 6. The van der Waals surface area contributed by atoms with Crippen molar-refractivity contribution >= 4 is 15.7 Å². The Hall–Kier alpha value is -3.72. The minimum atomic E-state index is -3.71. The van der Waals surface area contributed by atoms with Gasteiger partial charge < -0.3 is 4.74 Å². The van der Waals surface area contributed by atoms with Crippen LogP contribution in [0, 0.1) is 27.7 Å². The predicted octanol–water partition coefficient (Wildman–Crippen LogP) is 4.49. The van der Waals surface area contributed by atoms with Crippen molar-refractivity contribution < 1.29 is 13.2 Å². The van der Waals surface area contributed by atoms with E-state index in [1.54, 1.807) is 62.6 Å². The molecule has 9 heteroatoms. The zero-order valence-corrected chi connectivity index (χ0v) is 19.0. The van der Waals surface area contributed by atoms with Gasteiger partial charge in [0.2, 0.25) is 5.88 Å². The Bertz CT molecular complexity index is 1340. The maximum absolute atomic E-state index is 12.9. The van der Waals surface area contributed by atoms with E-state index in [9.17, 15) is 8.42 Å². The Balaban J connectivity index is 1.47. The van der Waals surface area contributed by atoms with Crippen molar-refractivity contribution in [2.45, 2.75) is 32.6 Å². The molecule has 32 heavy (non-hydrogen) atoms. The second-order valence-electron chi connectivity index (χ2n) is 7.53. The number of hydrogen-bond donors (Lipinski definition) is 1. The van der Waals surface area contributed by atoms with E-state index < -0.39 is 10.0 Å². The van der Waals surface area contributed by atoms with Crippen LogP contribution < -0.4 is 9.46 Å². The number of hydrogen-bond acceptors (Lipinski definition) is 6. The lowest BCUT2D eigenvalue weighted by Gasteiger charge is -2.14. The van der Waals surface area contributed by atoms with Crippen LogP contribution in [-0.2, 0) is 10.0 Å². The first kappa shape index (κ1) is 21.5. The number of nitrogens with one attached hydrogen (secondary N) is 1. The largest absolute Gasteiger partial charge is 0.438 e. The van der Waals surface area contributed by atoms with Crippen LogP contribution in [0.3, 0.4) is 0 Å². The first-order valence-corrected chi connectivity index (χ1v) is 11.4. The Morgan fingerprint density at radius 2 is 1.59 bits per heavy atom. The lowest BCUT2D eigenvalue weighted by molar-refractivity contribution is 0.454. The molecule has 0 aliphatic heterocycles. The number of benzene rings is 2. The summed E-state index contributed by atoms with van der Waals surface area (Å²) >= 11 is 0. The zero-order valence-electron chi connectivity index (χ0n) is 18.2. The molecule has 0 fully saturated rings. The van der Waals surface area contributed by atoms with Crippen molar-refractivity contribution in [3.8, 4) is 17.4 Å². The van der Waals surface area contributed by atoms with Crippen LogP contribution in [-0.4, -0.2) is 28.2 Å². The van der Waals surface area contributed by atoms with Crippen molar-refractivity contribution in [1.82, 2.24) is 19.7 Å². The lowest BCUT2D eigenvalue weighted by Crippen LogP contribution is -2.15. The van der Waals surface area contributed by atoms with Gasteiger partial charge >= 0.3 is 0 Å². The molecule has 0 atom stereocenters. The summed E-state index contributed by atoms with van der Waals surface area (Å²) in [6.07, 6.45) is 3.50. The van der Waals surface area contributed by atoms with E-state index in [4.69, 9.17) is 4.74 Å². The van der Waals surface area contributed by atoms with E-state index in [0.717, 1.165) is 11.4 Å². The number of aromatic nitrogens is 4. The lowest BCUT2D eigenvalue weighted by atomic mass is 10.1. The smallest absolute Gasteiger partial charge is 0.262 e. The molecule has 0 aliphatic carbocycles.